The topological polar surface area (TPSA) is 217 Å². The molecule has 3 aromatic heterocycles. The fraction of sp³-hybridized carbons (Fsp3) is 0.190. The minimum absolute atomic E-state index is 0.0284. The Morgan fingerprint density at radius 3 is 2.07 bits per heavy atom. The fourth-order valence-corrected chi connectivity index (χ4v) is 6.47. The summed E-state index contributed by atoms with van der Waals surface area (Å²) >= 11 is 1.50. The summed E-state index contributed by atoms with van der Waals surface area (Å²) in [4.78, 5) is 32.1. The van der Waals surface area contributed by atoms with Crippen molar-refractivity contribution in [2.24, 2.45) is 0 Å². The minimum Gasteiger partial charge on any atom is -0.466 e. The average Bonchev–Trinajstić information content (AvgIpc) is 3.70. The van der Waals surface area contributed by atoms with Gasteiger partial charge < -0.3 is 23.9 Å². The van der Waals surface area contributed by atoms with Gasteiger partial charge in [-0.3, -0.25) is 4.72 Å². The summed E-state index contributed by atoms with van der Waals surface area (Å²) in [6.45, 7) is -0.693. The molecule has 0 aliphatic carbocycles. The van der Waals surface area contributed by atoms with Crippen molar-refractivity contribution in [2.45, 2.75) is 8.42 Å². The van der Waals surface area contributed by atoms with Crippen LogP contribution in [0.1, 0.15) is 5.56 Å². The van der Waals surface area contributed by atoms with E-state index in [0.29, 0.717) is 22.2 Å². The van der Waals surface area contributed by atoms with Gasteiger partial charge in [0.15, 0.2) is 21.6 Å². The van der Waals surface area contributed by atoms with E-state index in [1.54, 1.807) is 18.2 Å². The number of fused-ring (bicyclic) bond motifs is 1. The number of halogens is 1. The Balaban J connectivity index is 0.000000263. The molecule has 218 valence electrons. The third-order valence-corrected chi connectivity index (χ3v) is 10.3. The summed E-state index contributed by atoms with van der Waals surface area (Å²) in [5.74, 6) is -1.19. The number of methoxy groups -OCH3 is 2. The van der Waals surface area contributed by atoms with Gasteiger partial charge in [-0.05, 0) is 6.07 Å². The molecule has 0 spiro atoms. The number of anilines is 1. The maximum absolute atomic E-state index is 12.6. The first kappa shape index (κ1) is 31.6. The van der Waals surface area contributed by atoms with Crippen LogP contribution in [0.25, 0.3) is 10.9 Å². The molecule has 4 rings (SSSR count). The van der Waals surface area contributed by atoms with Crippen LogP contribution in [-0.4, -0.2) is 71.2 Å². The van der Waals surface area contributed by atoms with E-state index in [2.05, 4.69) is 29.1 Å². The van der Waals surface area contributed by atoms with Gasteiger partial charge in [0.05, 0.1) is 43.4 Å². The lowest BCUT2D eigenvalue weighted by molar-refractivity contribution is -0.143. The van der Waals surface area contributed by atoms with Crippen molar-refractivity contribution < 1.29 is 45.4 Å². The van der Waals surface area contributed by atoms with Crippen LogP contribution in [0.15, 0.2) is 45.2 Å². The highest BCUT2D eigenvalue weighted by Gasteiger charge is 2.21. The number of benzene rings is 1. The number of carbonyl (C=O) groups excluding carboxylic acids is 2. The first-order chi connectivity index (χ1) is 19.4. The normalized spacial score (nSPS) is 11.1. The number of ether oxygens (including phenoxy) is 4. The molecule has 15 nitrogen and oxygen atoms in total. The monoisotopic (exact) mass is 663 g/mol. The van der Waals surface area contributed by atoms with Crippen molar-refractivity contribution in [3.05, 3.63) is 42.4 Å². The molecule has 0 saturated heterocycles. The standard InChI is InChI=1S/C15H12N4O5S2.C6H6ClNO5S2/c1-23-12(20)8-24-15-18-7-13(25-15)26(21,22)19-11-4-2-3-10-9(5-16)6-17-14(10)11;1-12-4(9)3-13-6-8-2-5(14-6)15(7,10)11/h2-4,6-7,17,19H,8H2,1H3;2H,3H2,1H3. The van der Waals surface area contributed by atoms with Crippen LogP contribution in [0.3, 0.4) is 0 Å². The Morgan fingerprint density at radius 2 is 1.56 bits per heavy atom. The van der Waals surface area contributed by atoms with Crippen molar-refractivity contribution in [1.29, 1.82) is 5.26 Å². The predicted octanol–water partition coefficient (Wildman–Crippen LogP) is 2.47. The number of hydrogen-bond acceptors (Lipinski definition) is 15. The van der Waals surface area contributed by atoms with E-state index in [9.17, 15) is 26.4 Å². The zero-order chi connectivity index (χ0) is 30.2. The van der Waals surface area contributed by atoms with Crippen LogP contribution in [0.4, 0.5) is 5.69 Å². The first-order valence-electron chi connectivity index (χ1n) is 10.7. The van der Waals surface area contributed by atoms with E-state index < -0.39 is 31.0 Å². The average molecular weight is 664 g/mol. The highest BCUT2D eigenvalue weighted by atomic mass is 35.7. The summed E-state index contributed by atoms with van der Waals surface area (Å²) in [5, 5.41) is 9.75. The van der Waals surface area contributed by atoms with Crippen LogP contribution in [0.2, 0.25) is 0 Å². The lowest BCUT2D eigenvalue weighted by Gasteiger charge is -2.07. The summed E-state index contributed by atoms with van der Waals surface area (Å²) in [5.41, 5.74) is 1.21. The molecule has 0 saturated carbocycles. The number of sulfonamides is 1. The number of esters is 2. The Hall–Kier alpha value is -3.96. The fourth-order valence-electron chi connectivity index (χ4n) is 2.74. The number of nitriles is 1. The second-order valence-corrected chi connectivity index (χ2v) is 13.9. The predicted molar refractivity (Wildman–Crippen MR) is 146 cm³/mol. The van der Waals surface area contributed by atoms with Crippen LogP contribution >= 0.6 is 33.4 Å². The molecule has 0 bridgehead atoms. The van der Waals surface area contributed by atoms with E-state index in [1.807, 2.05) is 6.07 Å². The number of para-hydroxylation sites is 1. The van der Waals surface area contributed by atoms with Crippen molar-refractivity contribution in [1.82, 2.24) is 15.0 Å². The number of aromatic amines is 1. The maximum Gasteiger partial charge on any atom is 0.343 e. The molecule has 0 fully saturated rings. The molecular weight excluding hydrogens is 646 g/mol. The van der Waals surface area contributed by atoms with Gasteiger partial charge in [0.25, 0.3) is 29.5 Å². The molecule has 2 N–H and O–H groups in total. The molecule has 1 aromatic carbocycles. The number of aromatic nitrogens is 3. The molecular formula is C21H18ClN5O10S4. The van der Waals surface area contributed by atoms with E-state index in [0.717, 1.165) is 35.1 Å². The van der Waals surface area contributed by atoms with E-state index in [4.69, 9.17) is 25.4 Å². The summed E-state index contributed by atoms with van der Waals surface area (Å²) in [6, 6.07) is 6.97. The maximum atomic E-state index is 12.6. The van der Waals surface area contributed by atoms with Crippen molar-refractivity contribution in [3.63, 3.8) is 0 Å². The lowest BCUT2D eigenvalue weighted by Crippen LogP contribution is -2.12. The third kappa shape index (κ3) is 8.51. The molecule has 41 heavy (non-hydrogen) atoms. The van der Waals surface area contributed by atoms with Gasteiger partial charge in [0, 0.05) is 22.3 Å². The molecule has 3 heterocycles. The highest BCUT2D eigenvalue weighted by Crippen LogP contribution is 2.30. The zero-order valence-electron chi connectivity index (χ0n) is 20.8. The largest absolute Gasteiger partial charge is 0.466 e. The van der Waals surface area contributed by atoms with E-state index in [-0.39, 0.29) is 32.0 Å². The van der Waals surface area contributed by atoms with E-state index in [1.165, 1.54) is 20.4 Å². The molecule has 0 aliphatic heterocycles. The molecule has 0 amide bonds. The number of nitrogens with zero attached hydrogens (tertiary/aromatic N) is 3. The zero-order valence-corrected chi connectivity index (χ0v) is 24.8. The molecule has 20 heteroatoms. The quantitative estimate of drug-likeness (QED) is 0.184. The van der Waals surface area contributed by atoms with Gasteiger partial charge in [-0.25, -0.2) is 36.4 Å². The second-order valence-electron chi connectivity index (χ2n) is 7.21. The minimum atomic E-state index is -3.92. The molecule has 0 aliphatic rings. The SMILES string of the molecule is COC(=O)COc1ncc(S(=O)(=O)Cl)s1.COC(=O)COc1ncc(S(=O)(=O)Nc2cccc3c(C#N)c[nH]c23)s1. The second kappa shape index (κ2) is 13.6. The van der Waals surface area contributed by atoms with E-state index >= 15 is 0 Å². The van der Waals surface area contributed by atoms with Crippen molar-refractivity contribution in [2.75, 3.05) is 32.2 Å². The van der Waals surface area contributed by atoms with Gasteiger partial charge in [-0.1, -0.05) is 34.8 Å². The lowest BCUT2D eigenvalue weighted by atomic mass is 10.2. The Labute approximate surface area is 245 Å². The highest BCUT2D eigenvalue weighted by molar-refractivity contribution is 8.15. The van der Waals surface area contributed by atoms with Gasteiger partial charge in [0.1, 0.15) is 6.07 Å². The van der Waals surface area contributed by atoms with Gasteiger partial charge >= 0.3 is 11.9 Å². The van der Waals surface area contributed by atoms with Crippen molar-refractivity contribution in [3.8, 4) is 16.5 Å². The van der Waals surface area contributed by atoms with Crippen LogP contribution < -0.4 is 14.2 Å². The van der Waals surface area contributed by atoms with Gasteiger partial charge in [-0.15, -0.1) is 0 Å². The van der Waals surface area contributed by atoms with Crippen LogP contribution in [0.5, 0.6) is 10.4 Å². The molecule has 0 radical (unpaired) electrons. The molecule has 0 atom stereocenters. The number of thiazole rings is 2. The van der Waals surface area contributed by atoms with Gasteiger partial charge in [-0.2, -0.15) is 5.26 Å². The number of H-pyrrole nitrogens is 1. The first-order valence-corrected chi connectivity index (χ1v) is 16.1. The van der Waals surface area contributed by atoms with Crippen molar-refractivity contribution >= 4 is 81.0 Å². The summed E-state index contributed by atoms with van der Waals surface area (Å²) < 4.78 is 67.7. The Bertz CT molecular complexity index is 1810. The van der Waals surface area contributed by atoms with Crippen LogP contribution in [0, 0.1) is 11.3 Å². The summed E-state index contributed by atoms with van der Waals surface area (Å²) in [6.07, 6.45) is 3.70. The Morgan fingerprint density at radius 1 is 1.00 bits per heavy atom. The van der Waals surface area contributed by atoms with Gasteiger partial charge in [0.2, 0.25) is 0 Å². The smallest absolute Gasteiger partial charge is 0.343 e. The summed E-state index contributed by atoms with van der Waals surface area (Å²) in [7, 11) is -0.230. The Kier molecular flexibility index (Phi) is 10.5. The molecule has 0 unspecified atom stereocenters. The number of nitrogens with one attached hydrogen (secondary N) is 2. The number of rotatable bonds is 10. The molecule has 4 aromatic rings. The third-order valence-electron chi connectivity index (χ3n) is 4.59. The number of carbonyl (C=O) groups is 2. The van der Waals surface area contributed by atoms with Crippen LogP contribution in [-0.2, 0) is 38.1 Å². The number of hydrogen-bond donors (Lipinski definition) is 2.